The summed E-state index contributed by atoms with van der Waals surface area (Å²) < 4.78 is 7.85. The maximum absolute atomic E-state index is 5.73. The van der Waals surface area contributed by atoms with Crippen LogP contribution in [0.2, 0.25) is 0 Å². The topological polar surface area (TPSA) is 35.2 Å². The zero-order valence-corrected chi connectivity index (χ0v) is 13.6. The fraction of sp³-hybridized carbons (Fsp3) is 0.200. The third kappa shape index (κ3) is 4.42. The van der Waals surface area contributed by atoms with Gasteiger partial charge in [-0.2, -0.15) is 0 Å². The van der Waals surface area contributed by atoms with Crippen LogP contribution in [-0.4, -0.2) is 0 Å². The molecule has 0 heterocycles. The fourth-order valence-corrected chi connectivity index (χ4v) is 2.73. The van der Waals surface area contributed by atoms with Gasteiger partial charge in [-0.05, 0) is 34.9 Å². The number of nitrogens with two attached hydrogens (primary N) is 1. The summed E-state index contributed by atoms with van der Waals surface area (Å²) >= 11 is 6.99. The largest absolute Gasteiger partial charge is 0.372 e. The summed E-state index contributed by atoms with van der Waals surface area (Å²) in [6.45, 7) is 1.74. The van der Waals surface area contributed by atoms with Crippen molar-refractivity contribution < 1.29 is 4.74 Å². The van der Waals surface area contributed by atoms with Crippen LogP contribution in [0.4, 0.5) is 0 Å². The molecule has 0 spiro atoms. The molecule has 0 saturated carbocycles. The number of benzene rings is 2. The van der Waals surface area contributed by atoms with Gasteiger partial charge in [-0.3, -0.25) is 0 Å². The smallest absolute Gasteiger partial charge is 0.0732 e. The molecule has 0 aliphatic rings. The van der Waals surface area contributed by atoms with E-state index < -0.39 is 0 Å². The SMILES string of the molecule is NCc1ccc(COCc2cccc(Br)c2)c(Br)c1. The first-order chi connectivity index (χ1) is 9.19. The number of hydrogen-bond acceptors (Lipinski definition) is 2. The van der Waals surface area contributed by atoms with Gasteiger partial charge in [-0.25, -0.2) is 0 Å². The second-order valence-corrected chi connectivity index (χ2v) is 6.02. The minimum absolute atomic E-state index is 0.553. The molecule has 0 radical (unpaired) electrons. The van der Waals surface area contributed by atoms with Crippen molar-refractivity contribution in [2.75, 3.05) is 0 Å². The molecule has 0 saturated heterocycles. The average molecular weight is 385 g/mol. The molecule has 0 fully saturated rings. The van der Waals surface area contributed by atoms with Gasteiger partial charge in [0.2, 0.25) is 0 Å². The minimum Gasteiger partial charge on any atom is -0.372 e. The van der Waals surface area contributed by atoms with Crippen LogP contribution < -0.4 is 5.73 Å². The van der Waals surface area contributed by atoms with Crippen molar-refractivity contribution in [3.8, 4) is 0 Å². The molecule has 4 heteroatoms. The lowest BCUT2D eigenvalue weighted by atomic mass is 10.1. The van der Waals surface area contributed by atoms with Crippen LogP contribution in [0.5, 0.6) is 0 Å². The minimum atomic E-state index is 0.553. The van der Waals surface area contributed by atoms with E-state index in [2.05, 4.69) is 44.0 Å². The summed E-state index contributed by atoms with van der Waals surface area (Å²) in [5.74, 6) is 0. The Morgan fingerprint density at radius 2 is 1.79 bits per heavy atom. The molecular weight excluding hydrogens is 370 g/mol. The molecule has 0 atom stereocenters. The average Bonchev–Trinajstić information content (AvgIpc) is 2.40. The van der Waals surface area contributed by atoms with Crippen molar-refractivity contribution in [3.05, 3.63) is 68.1 Å². The Morgan fingerprint density at radius 1 is 0.947 bits per heavy atom. The maximum atomic E-state index is 5.73. The molecule has 0 aliphatic heterocycles. The summed E-state index contributed by atoms with van der Waals surface area (Å²) in [5.41, 5.74) is 9.00. The molecule has 0 aromatic heterocycles. The van der Waals surface area contributed by atoms with Crippen LogP contribution in [0.25, 0.3) is 0 Å². The Labute approximate surface area is 130 Å². The molecule has 2 aromatic rings. The van der Waals surface area contributed by atoms with Crippen molar-refractivity contribution in [2.45, 2.75) is 19.8 Å². The van der Waals surface area contributed by atoms with E-state index >= 15 is 0 Å². The van der Waals surface area contributed by atoms with E-state index in [-0.39, 0.29) is 0 Å². The Bertz CT molecular complexity index is 558. The maximum Gasteiger partial charge on any atom is 0.0732 e. The van der Waals surface area contributed by atoms with Crippen LogP contribution in [0.3, 0.4) is 0 Å². The van der Waals surface area contributed by atoms with Crippen LogP contribution in [-0.2, 0) is 24.5 Å². The molecule has 0 unspecified atom stereocenters. The highest BCUT2D eigenvalue weighted by atomic mass is 79.9. The summed E-state index contributed by atoms with van der Waals surface area (Å²) in [6, 6.07) is 14.2. The predicted molar refractivity (Wildman–Crippen MR) is 84.7 cm³/mol. The molecule has 2 nitrogen and oxygen atoms in total. The lowest BCUT2D eigenvalue weighted by molar-refractivity contribution is 0.106. The van der Waals surface area contributed by atoms with Crippen LogP contribution in [0, 0.1) is 0 Å². The molecule has 0 aliphatic carbocycles. The molecule has 100 valence electrons. The van der Waals surface area contributed by atoms with Crippen LogP contribution in [0.15, 0.2) is 51.4 Å². The summed E-state index contributed by atoms with van der Waals surface area (Å²) in [6.07, 6.45) is 0. The van der Waals surface area contributed by atoms with Gasteiger partial charge >= 0.3 is 0 Å². The lowest BCUT2D eigenvalue weighted by Crippen LogP contribution is -1.99. The highest BCUT2D eigenvalue weighted by molar-refractivity contribution is 9.10. The molecule has 2 aromatic carbocycles. The van der Waals surface area contributed by atoms with E-state index in [1.54, 1.807) is 0 Å². The Hall–Kier alpha value is -0.680. The van der Waals surface area contributed by atoms with E-state index in [4.69, 9.17) is 10.5 Å². The standard InChI is InChI=1S/C15H15Br2NO/c16-14-3-1-2-12(6-14)9-19-10-13-5-4-11(8-18)7-15(13)17/h1-7H,8-10,18H2. The van der Waals surface area contributed by atoms with E-state index in [1.165, 1.54) is 0 Å². The number of hydrogen-bond donors (Lipinski definition) is 1. The van der Waals surface area contributed by atoms with Gasteiger partial charge < -0.3 is 10.5 Å². The Kier molecular flexibility index (Phi) is 5.58. The van der Waals surface area contributed by atoms with Gasteiger partial charge in [-0.1, -0.05) is 56.1 Å². The predicted octanol–water partition coefficient (Wildman–Crippen LogP) is 4.39. The van der Waals surface area contributed by atoms with Crippen molar-refractivity contribution in [3.63, 3.8) is 0 Å². The second-order valence-electron chi connectivity index (χ2n) is 4.25. The van der Waals surface area contributed by atoms with E-state index in [1.807, 2.05) is 30.3 Å². The van der Waals surface area contributed by atoms with Crippen molar-refractivity contribution >= 4 is 31.9 Å². The molecule has 2 N–H and O–H groups in total. The molecule has 19 heavy (non-hydrogen) atoms. The van der Waals surface area contributed by atoms with Gasteiger partial charge in [0.15, 0.2) is 0 Å². The normalized spacial score (nSPS) is 10.7. The fourth-order valence-electron chi connectivity index (χ4n) is 1.74. The summed E-state index contributed by atoms with van der Waals surface area (Å²) in [7, 11) is 0. The summed E-state index contributed by atoms with van der Waals surface area (Å²) in [4.78, 5) is 0. The van der Waals surface area contributed by atoms with Crippen LogP contribution >= 0.6 is 31.9 Å². The third-order valence-electron chi connectivity index (χ3n) is 2.77. The van der Waals surface area contributed by atoms with Gasteiger partial charge in [0.1, 0.15) is 0 Å². The quantitative estimate of drug-likeness (QED) is 0.829. The Balaban J connectivity index is 1.92. The van der Waals surface area contributed by atoms with Gasteiger partial charge in [0, 0.05) is 15.5 Å². The zero-order chi connectivity index (χ0) is 13.7. The Morgan fingerprint density at radius 3 is 2.47 bits per heavy atom. The second kappa shape index (κ2) is 7.20. The number of rotatable bonds is 5. The molecule has 2 rings (SSSR count). The number of ether oxygens (including phenoxy) is 1. The van der Waals surface area contributed by atoms with Gasteiger partial charge in [0.05, 0.1) is 13.2 Å². The molecular formula is C15H15Br2NO. The monoisotopic (exact) mass is 383 g/mol. The highest BCUT2D eigenvalue weighted by Crippen LogP contribution is 2.20. The van der Waals surface area contributed by atoms with Crippen molar-refractivity contribution in [2.24, 2.45) is 5.73 Å². The number of halogens is 2. The summed E-state index contributed by atoms with van der Waals surface area (Å²) in [5, 5.41) is 0. The first-order valence-electron chi connectivity index (χ1n) is 5.98. The first kappa shape index (κ1) is 14.7. The van der Waals surface area contributed by atoms with Crippen molar-refractivity contribution in [1.29, 1.82) is 0 Å². The lowest BCUT2D eigenvalue weighted by Gasteiger charge is -2.08. The zero-order valence-electron chi connectivity index (χ0n) is 10.4. The molecule has 0 amide bonds. The van der Waals surface area contributed by atoms with Crippen LogP contribution in [0.1, 0.15) is 16.7 Å². The van der Waals surface area contributed by atoms with Crippen molar-refractivity contribution in [1.82, 2.24) is 0 Å². The third-order valence-corrected chi connectivity index (χ3v) is 4.00. The van der Waals surface area contributed by atoms with E-state index in [9.17, 15) is 0 Å². The first-order valence-corrected chi connectivity index (χ1v) is 7.57. The van der Waals surface area contributed by atoms with Gasteiger partial charge in [-0.15, -0.1) is 0 Å². The van der Waals surface area contributed by atoms with E-state index in [0.717, 1.165) is 25.6 Å². The van der Waals surface area contributed by atoms with E-state index in [0.29, 0.717) is 19.8 Å². The van der Waals surface area contributed by atoms with Gasteiger partial charge in [0.25, 0.3) is 0 Å². The highest BCUT2D eigenvalue weighted by Gasteiger charge is 2.02. The molecule has 0 bridgehead atoms.